The van der Waals surface area contributed by atoms with Crippen molar-refractivity contribution in [2.45, 2.75) is 32.1 Å². The summed E-state index contributed by atoms with van der Waals surface area (Å²) in [4.78, 5) is 16.1. The monoisotopic (exact) mass is 384 g/mol. The van der Waals surface area contributed by atoms with Crippen LogP contribution < -0.4 is 19.8 Å². The van der Waals surface area contributed by atoms with Gasteiger partial charge in [-0.3, -0.25) is 9.36 Å². The average molecular weight is 385 g/mol. The minimum Gasteiger partial charge on any atom is -0.493 e. The van der Waals surface area contributed by atoms with Crippen LogP contribution >= 0.6 is 24.0 Å². The zero-order chi connectivity index (χ0) is 18.8. The van der Waals surface area contributed by atoms with Crippen LogP contribution in [0.3, 0.4) is 0 Å². The number of nitrogens with one attached hydrogen (secondary N) is 1. The van der Waals surface area contributed by atoms with E-state index in [1.165, 1.54) is 21.3 Å². The number of aromatic nitrogens is 2. The van der Waals surface area contributed by atoms with E-state index in [0.717, 1.165) is 5.75 Å². The standard InChI is InChI=1S/C17H24N2O4S2/c1-17(2,3)25-8-7-19-15(20)10-9-11(21-4)13(22-5)14(23-6)12(10)18-16(19)24/h9H,7-8H2,1-6H3,(H,18,24). The summed E-state index contributed by atoms with van der Waals surface area (Å²) in [7, 11) is 4.55. The highest BCUT2D eigenvalue weighted by molar-refractivity contribution is 8.00. The second kappa shape index (κ2) is 7.70. The van der Waals surface area contributed by atoms with Crippen molar-refractivity contribution in [1.29, 1.82) is 0 Å². The first-order valence-corrected chi connectivity index (χ1v) is 9.22. The molecule has 2 aromatic rings. The van der Waals surface area contributed by atoms with Gasteiger partial charge in [0.25, 0.3) is 5.56 Å². The number of hydrogen-bond acceptors (Lipinski definition) is 6. The average Bonchev–Trinajstić information content (AvgIpc) is 2.55. The Balaban J connectivity index is 2.62. The Morgan fingerprint density at radius 3 is 2.32 bits per heavy atom. The van der Waals surface area contributed by atoms with Gasteiger partial charge in [-0.2, -0.15) is 11.8 Å². The van der Waals surface area contributed by atoms with Crippen LogP contribution in [0.15, 0.2) is 10.9 Å². The number of rotatable bonds is 6. The Labute approximate surface area is 156 Å². The second-order valence-electron chi connectivity index (χ2n) is 6.42. The zero-order valence-electron chi connectivity index (χ0n) is 15.4. The van der Waals surface area contributed by atoms with Gasteiger partial charge in [-0.15, -0.1) is 0 Å². The molecule has 1 N–H and O–H groups in total. The molecule has 0 spiro atoms. The van der Waals surface area contributed by atoms with Crippen LogP contribution in [0.25, 0.3) is 10.9 Å². The largest absolute Gasteiger partial charge is 0.493 e. The van der Waals surface area contributed by atoms with Gasteiger partial charge in [0.05, 0.1) is 26.7 Å². The van der Waals surface area contributed by atoms with Crippen LogP contribution in [-0.2, 0) is 6.54 Å². The van der Waals surface area contributed by atoms with E-state index < -0.39 is 0 Å². The second-order valence-corrected chi connectivity index (χ2v) is 8.72. The lowest BCUT2D eigenvalue weighted by Crippen LogP contribution is -2.24. The molecule has 0 fully saturated rings. The van der Waals surface area contributed by atoms with Crippen LogP contribution in [0.5, 0.6) is 17.2 Å². The molecule has 25 heavy (non-hydrogen) atoms. The fourth-order valence-corrected chi connectivity index (χ4v) is 3.67. The number of thioether (sulfide) groups is 1. The lowest BCUT2D eigenvalue weighted by Gasteiger charge is -2.18. The summed E-state index contributed by atoms with van der Waals surface area (Å²) >= 11 is 7.18. The van der Waals surface area contributed by atoms with E-state index in [9.17, 15) is 4.79 Å². The van der Waals surface area contributed by atoms with E-state index in [0.29, 0.717) is 39.5 Å². The lowest BCUT2D eigenvalue weighted by atomic mass is 10.2. The van der Waals surface area contributed by atoms with Crippen LogP contribution in [0, 0.1) is 4.77 Å². The highest BCUT2D eigenvalue weighted by Crippen LogP contribution is 2.41. The fourth-order valence-electron chi connectivity index (χ4n) is 2.51. The molecule has 2 rings (SSSR count). The minimum absolute atomic E-state index is 0.131. The summed E-state index contributed by atoms with van der Waals surface area (Å²) in [6.45, 7) is 6.96. The predicted octanol–water partition coefficient (Wildman–Crippen LogP) is 3.62. The van der Waals surface area contributed by atoms with E-state index in [1.54, 1.807) is 22.4 Å². The number of methoxy groups -OCH3 is 3. The number of H-pyrrole nitrogens is 1. The molecule has 0 saturated heterocycles. The molecule has 0 amide bonds. The first-order chi connectivity index (χ1) is 11.7. The Bertz CT molecular complexity index is 881. The molecule has 0 aliphatic heterocycles. The summed E-state index contributed by atoms with van der Waals surface area (Å²) in [6.07, 6.45) is 0. The van der Waals surface area contributed by atoms with E-state index >= 15 is 0 Å². The third-order valence-corrected chi connectivity index (χ3v) is 5.21. The molecule has 1 aromatic carbocycles. The number of fused-ring (bicyclic) bond motifs is 1. The molecule has 138 valence electrons. The van der Waals surface area contributed by atoms with Crippen LogP contribution in [-0.4, -0.2) is 41.4 Å². The number of nitrogens with zero attached hydrogens (tertiary/aromatic N) is 1. The summed E-state index contributed by atoms with van der Waals surface area (Å²) in [5.74, 6) is 2.04. The number of aromatic amines is 1. The van der Waals surface area contributed by atoms with E-state index in [4.69, 9.17) is 26.4 Å². The first-order valence-electron chi connectivity index (χ1n) is 7.83. The summed E-state index contributed by atoms with van der Waals surface area (Å²) < 4.78 is 18.2. The maximum absolute atomic E-state index is 13.0. The highest BCUT2D eigenvalue weighted by Gasteiger charge is 2.20. The molecule has 8 heteroatoms. The van der Waals surface area contributed by atoms with Crippen molar-refractivity contribution in [2.24, 2.45) is 0 Å². The van der Waals surface area contributed by atoms with Crippen molar-refractivity contribution in [3.8, 4) is 17.2 Å². The topological polar surface area (TPSA) is 65.5 Å². The number of ether oxygens (including phenoxy) is 3. The van der Waals surface area contributed by atoms with Gasteiger partial charge in [-0.1, -0.05) is 20.8 Å². The third kappa shape index (κ3) is 4.12. The summed E-state index contributed by atoms with van der Waals surface area (Å²) in [5, 5.41) is 0.448. The number of hydrogen-bond donors (Lipinski definition) is 1. The molecule has 0 aliphatic rings. The van der Waals surface area contributed by atoms with Crippen molar-refractivity contribution in [3.05, 3.63) is 21.2 Å². The highest BCUT2D eigenvalue weighted by atomic mass is 32.2. The summed E-state index contributed by atoms with van der Waals surface area (Å²) in [5.41, 5.74) is 0.336. The molecule has 0 saturated carbocycles. The molecule has 6 nitrogen and oxygen atoms in total. The van der Waals surface area contributed by atoms with Crippen molar-refractivity contribution < 1.29 is 14.2 Å². The maximum atomic E-state index is 13.0. The zero-order valence-corrected chi connectivity index (χ0v) is 17.0. The van der Waals surface area contributed by atoms with Crippen LogP contribution in [0.2, 0.25) is 0 Å². The summed E-state index contributed by atoms with van der Waals surface area (Å²) in [6, 6.07) is 1.65. The van der Waals surface area contributed by atoms with Crippen molar-refractivity contribution in [1.82, 2.24) is 9.55 Å². The van der Waals surface area contributed by atoms with Gasteiger partial charge in [0.15, 0.2) is 16.3 Å². The molecular formula is C17H24N2O4S2. The van der Waals surface area contributed by atoms with Crippen molar-refractivity contribution in [3.63, 3.8) is 0 Å². The van der Waals surface area contributed by atoms with Gasteiger partial charge in [-0.05, 0) is 18.3 Å². The molecule has 1 heterocycles. The van der Waals surface area contributed by atoms with E-state index in [1.807, 2.05) is 0 Å². The van der Waals surface area contributed by atoms with Crippen LogP contribution in [0.4, 0.5) is 0 Å². The van der Waals surface area contributed by atoms with E-state index in [2.05, 4.69) is 25.8 Å². The molecule has 1 aromatic heterocycles. The van der Waals surface area contributed by atoms with Gasteiger partial charge < -0.3 is 19.2 Å². The molecular weight excluding hydrogens is 360 g/mol. The Morgan fingerprint density at radius 2 is 1.80 bits per heavy atom. The first kappa shape index (κ1) is 19.7. The molecule has 0 radical (unpaired) electrons. The van der Waals surface area contributed by atoms with Crippen molar-refractivity contribution >= 4 is 34.9 Å². The maximum Gasteiger partial charge on any atom is 0.262 e. The Kier molecular flexibility index (Phi) is 6.05. The SMILES string of the molecule is COc1cc2c(=O)n(CCSC(C)(C)C)c(=S)[nH]c2c(OC)c1OC. The smallest absolute Gasteiger partial charge is 0.262 e. The fraction of sp³-hybridized carbons (Fsp3) is 0.529. The Morgan fingerprint density at radius 1 is 1.16 bits per heavy atom. The van der Waals surface area contributed by atoms with Crippen molar-refractivity contribution in [2.75, 3.05) is 27.1 Å². The predicted molar refractivity (Wildman–Crippen MR) is 105 cm³/mol. The molecule has 0 aliphatic carbocycles. The van der Waals surface area contributed by atoms with Gasteiger partial charge in [0, 0.05) is 17.0 Å². The van der Waals surface area contributed by atoms with Gasteiger partial charge in [0.1, 0.15) is 5.52 Å². The van der Waals surface area contributed by atoms with E-state index in [-0.39, 0.29) is 10.3 Å². The molecule has 0 bridgehead atoms. The van der Waals surface area contributed by atoms with Gasteiger partial charge in [0.2, 0.25) is 5.75 Å². The quantitative estimate of drug-likeness (QED) is 0.768. The minimum atomic E-state index is -0.174. The molecule has 0 atom stereocenters. The normalized spacial score (nSPS) is 11.6. The molecule has 0 unspecified atom stereocenters. The number of benzene rings is 1. The van der Waals surface area contributed by atoms with Crippen LogP contribution in [0.1, 0.15) is 20.8 Å². The van der Waals surface area contributed by atoms with Gasteiger partial charge in [-0.25, -0.2) is 0 Å². The lowest BCUT2D eigenvalue weighted by molar-refractivity contribution is 0.326. The Hall–Kier alpha value is -1.67. The third-order valence-electron chi connectivity index (χ3n) is 3.63. The van der Waals surface area contributed by atoms with Gasteiger partial charge >= 0.3 is 0 Å².